The number of amides is 1. The maximum Gasteiger partial charge on any atom is 0.334 e. The van der Waals surface area contributed by atoms with Crippen LogP contribution in [0.2, 0.25) is 0 Å². The van der Waals surface area contributed by atoms with E-state index >= 15 is 0 Å². The molecule has 5 heteroatoms. The van der Waals surface area contributed by atoms with E-state index in [4.69, 9.17) is 9.84 Å². The number of carboxylic acids is 1. The first-order chi connectivity index (χ1) is 7.99. The molecule has 0 aliphatic heterocycles. The molecule has 1 amide bonds. The van der Waals surface area contributed by atoms with Crippen molar-refractivity contribution in [2.45, 2.75) is 6.92 Å². The number of hydrogen-bond donors (Lipinski definition) is 2. The molecule has 0 aromatic heterocycles. The molecule has 0 bridgehead atoms. The molecule has 17 heavy (non-hydrogen) atoms. The quantitative estimate of drug-likeness (QED) is 0.761. The zero-order valence-corrected chi connectivity index (χ0v) is 9.40. The number of anilines is 1. The highest BCUT2D eigenvalue weighted by atomic mass is 16.5. The predicted molar refractivity (Wildman–Crippen MR) is 63.0 cm³/mol. The van der Waals surface area contributed by atoms with E-state index in [1.165, 1.54) is 6.92 Å². The second-order valence-corrected chi connectivity index (χ2v) is 3.41. The van der Waals surface area contributed by atoms with E-state index in [0.29, 0.717) is 11.4 Å². The summed E-state index contributed by atoms with van der Waals surface area (Å²) in [5, 5.41) is 11.2. The fourth-order valence-electron chi connectivity index (χ4n) is 1.10. The Morgan fingerprint density at radius 2 is 2.18 bits per heavy atom. The van der Waals surface area contributed by atoms with Crippen LogP contribution in [0, 0.1) is 0 Å². The number of rotatable bonds is 5. The van der Waals surface area contributed by atoms with E-state index in [1.807, 2.05) is 0 Å². The summed E-state index contributed by atoms with van der Waals surface area (Å²) >= 11 is 0. The van der Waals surface area contributed by atoms with Gasteiger partial charge in [0, 0.05) is 18.7 Å². The lowest BCUT2D eigenvalue weighted by Gasteiger charge is -2.08. The number of carbonyl (C=O) groups excluding carboxylic acids is 1. The third-order valence-electron chi connectivity index (χ3n) is 1.87. The van der Waals surface area contributed by atoms with Gasteiger partial charge in [0.15, 0.2) is 0 Å². The summed E-state index contributed by atoms with van der Waals surface area (Å²) < 4.78 is 5.22. The fourth-order valence-corrected chi connectivity index (χ4v) is 1.10. The lowest BCUT2D eigenvalue weighted by Crippen LogP contribution is -2.09. The second-order valence-electron chi connectivity index (χ2n) is 3.41. The van der Waals surface area contributed by atoms with Gasteiger partial charge in [-0.2, -0.15) is 0 Å². The van der Waals surface area contributed by atoms with E-state index < -0.39 is 5.97 Å². The molecule has 0 aliphatic carbocycles. The van der Waals surface area contributed by atoms with Crippen LogP contribution in [0.25, 0.3) is 0 Å². The number of ether oxygens (including phenoxy) is 1. The zero-order valence-electron chi connectivity index (χ0n) is 9.40. The van der Waals surface area contributed by atoms with Gasteiger partial charge in [0.25, 0.3) is 0 Å². The third-order valence-corrected chi connectivity index (χ3v) is 1.87. The van der Waals surface area contributed by atoms with Crippen LogP contribution < -0.4 is 10.1 Å². The maximum atomic E-state index is 10.8. The first-order valence-electron chi connectivity index (χ1n) is 4.90. The van der Waals surface area contributed by atoms with Gasteiger partial charge < -0.3 is 15.2 Å². The van der Waals surface area contributed by atoms with Gasteiger partial charge in [-0.05, 0) is 12.1 Å². The van der Waals surface area contributed by atoms with Gasteiger partial charge in [0.2, 0.25) is 5.91 Å². The van der Waals surface area contributed by atoms with Crippen molar-refractivity contribution in [3.8, 4) is 5.75 Å². The largest absolute Gasteiger partial charge is 0.489 e. The van der Waals surface area contributed by atoms with Crippen LogP contribution in [0.15, 0.2) is 36.4 Å². The molecule has 0 heterocycles. The number of hydrogen-bond acceptors (Lipinski definition) is 3. The van der Waals surface area contributed by atoms with E-state index in [9.17, 15) is 9.59 Å². The SMILES string of the molecule is C=C(COc1cccc(NC(C)=O)c1)C(=O)O. The Hall–Kier alpha value is -2.30. The fraction of sp³-hybridized carbons (Fsp3) is 0.167. The summed E-state index contributed by atoms with van der Waals surface area (Å²) in [5.74, 6) is -0.807. The standard InChI is InChI=1S/C12H13NO4/c1-8(12(15)16)7-17-11-5-3-4-10(6-11)13-9(2)14/h3-6H,1,7H2,2H3,(H,13,14)(H,15,16). The van der Waals surface area contributed by atoms with Crippen molar-refractivity contribution in [2.24, 2.45) is 0 Å². The number of aliphatic carboxylic acids is 1. The molecule has 0 saturated heterocycles. The van der Waals surface area contributed by atoms with Gasteiger partial charge in [-0.15, -0.1) is 0 Å². The predicted octanol–water partition coefficient (Wildman–Crippen LogP) is 1.66. The highest BCUT2D eigenvalue weighted by Gasteiger charge is 2.05. The van der Waals surface area contributed by atoms with Crippen molar-refractivity contribution in [1.82, 2.24) is 0 Å². The molecule has 90 valence electrons. The Labute approximate surface area is 98.7 Å². The van der Waals surface area contributed by atoms with Crippen LogP contribution in [0.5, 0.6) is 5.75 Å². The molecule has 0 unspecified atom stereocenters. The Kier molecular flexibility index (Phi) is 4.28. The number of nitrogens with one attached hydrogen (secondary N) is 1. The van der Waals surface area contributed by atoms with E-state index in [2.05, 4.69) is 11.9 Å². The van der Waals surface area contributed by atoms with Crippen LogP contribution in [0.3, 0.4) is 0 Å². The summed E-state index contributed by atoms with van der Waals surface area (Å²) in [6.45, 7) is 4.65. The maximum absolute atomic E-state index is 10.8. The molecular formula is C12H13NO4. The van der Waals surface area contributed by atoms with Crippen molar-refractivity contribution in [3.05, 3.63) is 36.4 Å². The van der Waals surface area contributed by atoms with Crippen molar-refractivity contribution < 1.29 is 19.4 Å². The summed E-state index contributed by atoms with van der Waals surface area (Å²) in [6.07, 6.45) is 0. The second kappa shape index (κ2) is 5.69. The van der Waals surface area contributed by atoms with Gasteiger partial charge >= 0.3 is 5.97 Å². The highest BCUT2D eigenvalue weighted by Crippen LogP contribution is 2.17. The Bertz CT molecular complexity index is 454. The van der Waals surface area contributed by atoms with Crippen LogP contribution in [0.1, 0.15) is 6.92 Å². The van der Waals surface area contributed by atoms with Crippen molar-refractivity contribution >= 4 is 17.6 Å². The smallest absolute Gasteiger partial charge is 0.334 e. The molecule has 0 spiro atoms. The van der Waals surface area contributed by atoms with Gasteiger partial charge in [-0.3, -0.25) is 4.79 Å². The first kappa shape index (κ1) is 12.8. The van der Waals surface area contributed by atoms with Gasteiger partial charge in [-0.25, -0.2) is 4.79 Å². The molecule has 1 aromatic carbocycles. The molecule has 1 aromatic rings. The average Bonchev–Trinajstić information content (AvgIpc) is 2.25. The Morgan fingerprint density at radius 3 is 2.76 bits per heavy atom. The highest BCUT2D eigenvalue weighted by molar-refractivity contribution is 5.88. The third kappa shape index (κ3) is 4.38. The molecule has 1 rings (SSSR count). The minimum absolute atomic E-state index is 0.0325. The molecule has 5 nitrogen and oxygen atoms in total. The monoisotopic (exact) mass is 235 g/mol. The van der Waals surface area contributed by atoms with Crippen LogP contribution in [-0.2, 0) is 9.59 Å². The molecule has 2 N–H and O–H groups in total. The van der Waals surface area contributed by atoms with Crippen LogP contribution >= 0.6 is 0 Å². The molecule has 0 saturated carbocycles. The molecular weight excluding hydrogens is 222 g/mol. The number of benzene rings is 1. The van der Waals surface area contributed by atoms with Gasteiger partial charge in [0.1, 0.15) is 12.4 Å². The van der Waals surface area contributed by atoms with E-state index in [1.54, 1.807) is 24.3 Å². The molecule has 0 aliphatic rings. The Balaban J connectivity index is 2.63. The van der Waals surface area contributed by atoms with E-state index in [-0.39, 0.29) is 18.1 Å². The number of carboxylic acid groups (broad SMARTS) is 1. The topological polar surface area (TPSA) is 75.6 Å². The van der Waals surface area contributed by atoms with E-state index in [0.717, 1.165) is 0 Å². The molecule has 0 radical (unpaired) electrons. The zero-order chi connectivity index (χ0) is 12.8. The molecule has 0 fully saturated rings. The normalized spacial score (nSPS) is 9.47. The minimum Gasteiger partial charge on any atom is -0.489 e. The summed E-state index contributed by atoms with van der Waals surface area (Å²) in [4.78, 5) is 21.3. The summed E-state index contributed by atoms with van der Waals surface area (Å²) in [7, 11) is 0. The Morgan fingerprint density at radius 1 is 1.47 bits per heavy atom. The first-order valence-corrected chi connectivity index (χ1v) is 4.90. The molecule has 0 atom stereocenters. The summed E-state index contributed by atoms with van der Waals surface area (Å²) in [5.41, 5.74) is 0.561. The van der Waals surface area contributed by atoms with Crippen LogP contribution in [-0.4, -0.2) is 23.6 Å². The lowest BCUT2D eigenvalue weighted by molar-refractivity contribution is -0.133. The number of carbonyl (C=O) groups is 2. The van der Waals surface area contributed by atoms with Crippen molar-refractivity contribution in [1.29, 1.82) is 0 Å². The average molecular weight is 235 g/mol. The summed E-state index contributed by atoms with van der Waals surface area (Å²) in [6, 6.07) is 6.68. The van der Waals surface area contributed by atoms with Gasteiger partial charge in [-0.1, -0.05) is 12.6 Å². The van der Waals surface area contributed by atoms with Crippen LogP contribution in [0.4, 0.5) is 5.69 Å². The minimum atomic E-state index is -1.09. The lowest BCUT2D eigenvalue weighted by atomic mass is 10.3. The van der Waals surface area contributed by atoms with Crippen molar-refractivity contribution in [3.63, 3.8) is 0 Å². The van der Waals surface area contributed by atoms with Gasteiger partial charge in [0.05, 0.1) is 5.57 Å². The van der Waals surface area contributed by atoms with Crippen molar-refractivity contribution in [2.75, 3.05) is 11.9 Å².